The fraction of sp³-hybridized carbons (Fsp3) is 0.118. The summed E-state index contributed by atoms with van der Waals surface area (Å²) in [7, 11) is 0. The maximum atomic E-state index is 10.8. The SMILES string of the molecule is C/C(=C\c1ccc(-c2cccc(C)c2)cc1)C(=O)O. The number of benzene rings is 2. The molecule has 0 fully saturated rings. The van der Waals surface area contributed by atoms with Crippen molar-refractivity contribution in [2.24, 2.45) is 0 Å². The normalized spacial score (nSPS) is 11.4. The van der Waals surface area contributed by atoms with Crippen LogP contribution in [0.1, 0.15) is 18.1 Å². The maximum absolute atomic E-state index is 10.8. The summed E-state index contributed by atoms with van der Waals surface area (Å²) in [6, 6.07) is 16.2. The highest BCUT2D eigenvalue weighted by Crippen LogP contribution is 2.21. The van der Waals surface area contributed by atoms with Crippen molar-refractivity contribution < 1.29 is 9.90 Å². The van der Waals surface area contributed by atoms with Crippen LogP contribution in [-0.2, 0) is 4.79 Å². The lowest BCUT2D eigenvalue weighted by Crippen LogP contribution is -1.95. The number of carboxylic acids is 1. The van der Waals surface area contributed by atoms with Crippen LogP contribution < -0.4 is 0 Å². The van der Waals surface area contributed by atoms with Gasteiger partial charge in [-0.2, -0.15) is 0 Å². The van der Waals surface area contributed by atoms with Gasteiger partial charge in [0.25, 0.3) is 0 Å². The number of carboxylic acid groups (broad SMARTS) is 1. The van der Waals surface area contributed by atoms with Crippen molar-refractivity contribution in [2.75, 3.05) is 0 Å². The molecule has 0 aliphatic carbocycles. The van der Waals surface area contributed by atoms with Crippen LogP contribution in [0.5, 0.6) is 0 Å². The van der Waals surface area contributed by atoms with Crippen LogP contribution in [0.2, 0.25) is 0 Å². The number of aliphatic carboxylic acids is 1. The van der Waals surface area contributed by atoms with Gasteiger partial charge in [0.15, 0.2) is 0 Å². The quantitative estimate of drug-likeness (QED) is 0.833. The second-order valence-electron chi connectivity index (χ2n) is 4.62. The van der Waals surface area contributed by atoms with Crippen molar-refractivity contribution in [1.82, 2.24) is 0 Å². The fourth-order valence-corrected chi connectivity index (χ4v) is 1.91. The van der Waals surface area contributed by atoms with E-state index in [-0.39, 0.29) is 0 Å². The van der Waals surface area contributed by atoms with E-state index in [2.05, 4.69) is 25.1 Å². The van der Waals surface area contributed by atoms with E-state index < -0.39 is 5.97 Å². The molecule has 0 heterocycles. The summed E-state index contributed by atoms with van der Waals surface area (Å²) >= 11 is 0. The minimum Gasteiger partial charge on any atom is -0.478 e. The molecule has 19 heavy (non-hydrogen) atoms. The summed E-state index contributed by atoms with van der Waals surface area (Å²) in [5, 5.41) is 8.84. The third-order valence-electron chi connectivity index (χ3n) is 2.98. The summed E-state index contributed by atoms with van der Waals surface area (Å²) in [5.41, 5.74) is 4.77. The molecule has 0 atom stereocenters. The van der Waals surface area contributed by atoms with Gasteiger partial charge in [-0.1, -0.05) is 54.1 Å². The first-order valence-electron chi connectivity index (χ1n) is 6.15. The number of carbonyl (C=O) groups is 1. The average molecular weight is 252 g/mol. The molecule has 0 unspecified atom stereocenters. The molecule has 2 rings (SSSR count). The van der Waals surface area contributed by atoms with Crippen molar-refractivity contribution in [2.45, 2.75) is 13.8 Å². The summed E-state index contributed by atoms with van der Waals surface area (Å²) in [6.07, 6.45) is 1.67. The second-order valence-corrected chi connectivity index (χ2v) is 4.62. The van der Waals surface area contributed by atoms with E-state index in [1.807, 2.05) is 30.3 Å². The van der Waals surface area contributed by atoms with Gasteiger partial charge in [-0.3, -0.25) is 0 Å². The fourth-order valence-electron chi connectivity index (χ4n) is 1.91. The summed E-state index contributed by atoms with van der Waals surface area (Å²) in [4.78, 5) is 10.8. The van der Waals surface area contributed by atoms with E-state index in [4.69, 9.17) is 5.11 Å². The van der Waals surface area contributed by atoms with Gasteiger partial charge in [0.1, 0.15) is 0 Å². The van der Waals surface area contributed by atoms with Gasteiger partial charge in [0, 0.05) is 5.57 Å². The highest BCUT2D eigenvalue weighted by atomic mass is 16.4. The zero-order valence-corrected chi connectivity index (χ0v) is 11.1. The van der Waals surface area contributed by atoms with Crippen LogP contribution in [-0.4, -0.2) is 11.1 Å². The highest BCUT2D eigenvalue weighted by molar-refractivity contribution is 5.91. The molecule has 0 bridgehead atoms. The summed E-state index contributed by atoms with van der Waals surface area (Å²) < 4.78 is 0. The molecule has 0 aliphatic heterocycles. The van der Waals surface area contributed by atoms with Gasteiger partial charge in [0.05, 0.1) is 0 Å². The second kappa shape index (κ2) is 5.53. The minimum absolute atomic E-state index is 0.336. The molecule has 0 aromatic heterocycles. The van der Waals surface area contributed by atoms with Crippen LogP contribution in [0.15, 0.2) is 54.1 Å². The zero-order chi connectivity index (χ0) is 13.8. The lowest BCUT2D eigenvalue weighted by atomic mass is 10.0. The van der Waals surface area contributed by atoms with Gasteiger partial charge >= 0.3 is 5.97 Å². The van der Waals surface area contributed by atoms with Crippen molar-refractivity contribution in [3.63, 3.8) is 0 Å². The minimum atomic E-state index is -0.886. The van der Waals surface area contributed by atoms with Crippen molar-refractivity contribution >= 4 is 12.0 Å². The first-order valence-corrected chi connectivity index (χ1v) is 6.15. The standard InChI is InChI=1S/C17H16O2/c1-12-4-3-5-16(10-12)15-8-6-14(7-9-15)11-13(2)17(18)19/h3-11H,1-2H3,(H,18,19)/b13-11+. The smallest absolute Gasteiger partial charge is 0.331 e. The lowest BCUT2D eigenvalue weighted by molar-refractivity contribution is -0.132. The first-order chi connectivity index (χ1) is 9.06. The molecular formula is C17H16O2. The van der Waals surface area contributed by atoms with Crippen molar-refractivity contribution in [3.8, 4) is 11.1 Å². The zero-order valence-electron chi connectivity index (χ0n) is 11.1. The maximum Gasteiger partial charge on any atom is 0.331 e. The molecule has 0 saturated carbocycles. The van der Waals surface area contributed by atoms with Crippen LogP contribution in [0, 0.1) is 6.92 Å². The van der Waals surface area contributed by atoms with E-state index in [0.717, 1.165) is 11.1 Å². The largest absolute Gasteiger partial charge is 0.478 e. The Morgan fingerprint density at radius 3 is 2.32 bits per heavy atom. The molecule has 0 spiro atoms. The van der Waals surface area contributed by atoms with Crippen LogP contribution in [0.3, 0.4) is 0 Å². The first kappa shape index (κ1) is 13.1. The average Bonchev–Trinajstić information content (AvgIpc) is 2.39. The third kappa shape index (κ3) is 3.32. The molecule has 0 saturated heterocycles. The van der Waals surface area contributed by atoms with Crippen molar-refractivity contribution in [3.05, 3.63) is 65.2 Å². The monoisotopic (exact) mass is 252 g/mol. The van der Waals surface area contributed by atoms with E-state index >= 15 is 0 Å². The Balaban J connectivity index is 2.29. The van der Waals surface area contributed by atoms with E-state index in [1.165, 1.54) is 11.1 Å². The molecule has 1 N–H and O–H groups in total. The van der Waals surface area contributed by atoms with Gasteiger partial charge in [0.2, 0.25) is 0 Å². The topological polar surface area (TPSA) is 37.3 Å². The summed E-state index contributed by atoms with van der Waals surface area (Å²) in [6.45, 7) is 3.66. The molecule has 2 nitrogen and oxygen atoms in total. The Morgan fingerprint density at radius 2 is 1.74 bits per heavy atom. The number of hydrogen-bond donors (Lipinski definition) is 1. The predicted octanol–water partition coefficient (Wildman–Crippen LogP) is 4.15. The van der Waals surface area contributed by atoms with Crippen LogP contribution >= 0.6 is 0 Å². The van der Waals surface area contributed by atoms with Gasteiger partial charge in [-0.15, -0.1) is 0 Å². The Labute approximate surface area is 113 Å². The van der Waals surface area contributed by atoms with Crippen molar-refractivity contribution in [1.29, 1.82) is 0 Å². The van der Waals surface area contributed by atoms with E-state index in [1.54, 1.807) is 13.0 Å². The molecule has 2 aromatic rings. The molecule has 0 aliphatic rings. The van der Waals surface area contributed by atoms with Crippen LogP contribution in [0.4, 0.5) is 0 Å². The Morgan fingerprint density at radius 1 is 1.05 bits per heavy atom. The molecule has 0 radical (unpaired) electrons. The van der Waals surface area contributed by atoms with Gasteiger partial charge in [-0.05, 0) is 36.6 Å². The molecule has 2 aromatic carbocycles. The molecule has 0 amide bonds. The number of rotatable bonds is 3. The lowest BCUT2D eigenvalue weighted by Gasteiger charge is -2.04. The van der Waals surface area contributed by atoms with Gasteiger partial charge in [-0.25, -0.2) is 4.79 Å². The van der Waals surface area contributed by atoms with E-state index in [9.17, 15) is 4.79 Å². The van der Waals surface area contributed by atoms with Crippen LogP contribution in [0.25, 0.3) is 17.2 Å². The number of hydrogen-bond acceptors (Lipinski definition) is 1. The molecular weight excluding hydrogens is 236 g/mol. The molecule has 96 valence electrons. The highest BCUT2D eigenvalue weighted by Gasteiger charge is 2.01. The predicted molar refractivity (Wildman–Crippen MR) is 77.9 cm³/mol. The summed E-state index contributed by atoms with van der Waals surface area (Å²) in [5.74, 6) is -0.886. The Kier molecular flexibility index (Phi) is 3.81. The van der Waals surface area contributed by atoms with Gasteiger partial charge < -0.3 is 5.11 Å². The Bertz CT molecular complexity index is 622. The molecule has 2 heteroatoms. The number of aryl methyl sites for hydroxylation is 1. The Hall–Kier alpha value is -2.35. The third-order valence-corrected chi connectivity index (χ3v) is 2.98. The van der Waals surface area contributed by atoms with E-state index in [0.29, 0.717) is 5.57 Å².